The highest BCUT2D eigenvalue weighted by molar-refractivity contribution is 5.99. The molecule has 6 nitrogen and oxygen atoms in total. The van der Waals surface area contributed by atoms with Gasteiger partial charge in [-0.3, -0.25) is 19.1 Å². The van der Waals surface area contributed by atoms with Crippen LogP contribution >= 0.6 is 0 Å². The van der Waals surface area contributed by atoms with Gasteiger partial charge in [-0.15, -0.1) is 0 Å². The summed E-state index contributed by atoms with van der Waals surface area (Å²) in [7, 11) is 1.68. The quantitative estimate of drug-likeness (QED) is 0.622. The van der Waals surface area contributed by atoms with E-state index in [2.05, 4.69) is 4.98 Å². The van der Waals surface area contributed by atoms with Crippen molar-refractivity contribution in [1.82, 2.24) is 14.5 Å². The Morgan fingerprint density at radius 2 is 1.97 bits per heavy atom. The van der Waals surface area contributed by atoms with E-state index in [1.807, 2.05) is 4.90 Å². The molecule has 1 fully saturated rings. The lowest BCUT2D eigenvalue weighted by Gasteiger charge is -2.33. The van der Waals surface area contributed by atoms with Crippen molar-refractivity contribution >= 4 is 11.7 Å². The monoisotopic (exact) mass is 406 g/mol. The van der Waals surface area contributed by atoms with Gasteiger partial charge in [-0.25, -0.2) is 9.37 Å². The predicted octanol–water partition coefficient (Wildman–Crippen LogP) is 3.39. The summed E-state index contributed by atoms with van der Waals surface area (Å²) in [5.41, 5.74) is 2.02. The molecule has 3 heterocycles. The summed E-state index contributed by atoms with van der Waals surface area (Å²) in [6, 6.07) is 9.73. The Hall–Kier alpha value is -3.35. The molecule has 0 spiro atoms. The molecule has 1 atom stereocenters. The zero-order chi connectivity index (χ0) is 21.3. The van der Waals surface area contributed by atoms with E-state index in [0.717, 1.165) is 18.4 Å². The number of piperidine rings is 1. The number of carbonyl (C=O) groups is 1. The van der Waals surface area contributed by atoms with E-state index < -0.39 is 0 Å². The van der Waals surface area contributed by atoms with Crippen molar-refractivity contribution in [2.45, 2.75) is 19.8 Å². The lowest BCUT2D eigenvalue weighted by molar-refractivity contribution is 0.0905. The first-order valence-corrected chi connectivity index (χ1v) is 9.98. The van der Waals surface area contributed by atoms with Crippen LogP contribution in [-0.2, 0) is 7.05 Å². The first-order valence-electron chi connectivity index (χ1n) is 9.98. The van der Waals surface area contributed by atoms with Crippen molar-refractivity contribution in [2.75, 3.05) is 18.0 Å². The van der Waals surface area contributed by atoms with Crippen LogP contribution in [-0.4, -0.2) is 33.4 Å². The second-order valence-corrected chi connectivity index (χ2v) is 7.64. The number of hydrogen-bond donors (Lipinski definition) is 0. The van der Waals surface area contributed by atoms with Gasteiger partial charge in [0.2, 0.25) is 5.95 Å². The summed E-state index contributed by atoms with van der Waals surface area (Å²) in [6.07, 6.45) is 4.83. The van der Waals surface area contributed by atoms with E-state index >= 15 is 0 Å². The van der Waals surface area contributed by atoms with Crippen molar-refractivity contribution in [2.24, 2.45) is 13.0 Å². The summed E-state index contributed by atoms with van der Waals surface area (Å²) in [6.45, 7) is 2.77. The number of halogens is 1. The molecule has 30 heavy (non-hydrogen) atoms. The van der Waals surface area contributed by atoms with Crippen LogP contribution < -0.4 is 10.5 Å². The van der Waals surface area contributed by atoms with Crippen LogP contribution in [0, 0.1) is 18.7 Å². The van der Waals surface area contributed by atoms with Crippen molar-refractivity contribution in [3.05, 3.63) is 76.1 Å². The smallest absolute Gasteiger partial charge is 0.255 e. The highest BCUT2D eigenvalue weighted by Crippen LogP contribution is 2.27. The largest absolute Gasteiger partial charge is 0.341 e. The topological polar surface area (TPSA) is 68.1 Å². The van der Waals surface area contributed by atoms with E-state index in [9.17, 15) is 14.0 Å². The van der Waals surface area contributed by atoms with Gasteiger partial charge in [0.25, 0.3) is 5.56 Å². The molecule has 2 aromatic heterocycles. The van der Waals surface area contributed by atoms with Gasteiger partial charge in [0.1, 0.15) is 5.82 Å². The van der Waals surface area contributed by atoms with Gasteiger partial charge >= 0.3 is 0 Å². The van der Waals surface area contributed by atoms with Gasteiger partial charge in [-0.05, 0) is 43.5 Å². The van der Waals surface area contributed by atoms with Crippen molar-refractivity contribution in [3.63, 3.8) is 0 Å². The van der Waals surface area contributed by atoms with Crippen LogP contribution in [0.4, 0.5) is 10.3 Å². The molecule has 1 aliphatic heterocycles. The number of aromatic nitrogens is 3. The molecule has 1 aromatic carbocycles. The number of Topliss-reactive ketones (excluding diaryl/α,β-unsaturated/α-hetero) is 1. The fraction of sp³-hybridized carbons (Fsp3) is 0.304. The summed E-state index contributed by atoms with van der Waals surface area (Å²) >= 11 is 0. The van der Waals surface area contributed by atoms with Gasteiger partial charge in [0.15, 0.2) is 5.78 Å². The van der Waals surface area contributed by atoms with Crippen molar-refractivity contribution in [3.8, 4) is 11.3 Å². The molecule has 154 valence electrons. The maximum atomic E-state index is 13.9. The summed E-state index contributed by atoms with van der Waals surface area (Å²) in [5.74, 6) is -0.182. The first-order chi connectivity index (χ1) is 14.5. The summed E-state index contributed by atoms with van der Waals surface area (Å²) < 4.78 is 15.4. The maximum absolute atomic E-state index is 13.9. The van der Waals surface area contributed by atoms with E-state index in [4.69, 9.17) is 4.98 Å². The third kappa shape index (κ3) is 3.75. The third-order valence-electron chi connectivity index (χ3n) is 5.70. The maximum Gasteiger partial charge on any atom is 0.255 e. The van der Waals surface area contributed by atoms with Gasteiger partial charge < -0.3 is 4.90 Å². The molecular weight excluding hydrogens is 383 g/mol. The Kier molecular flexibility index (Phi) is 5.44. The molecule has 1 saturated heterocycles. The Balaban J connectivity index is 1.65. The van der Waals surface area contributed by atoms with E-state index in [1.54, 1.807) is 50.6 Å². The number of nitrogens with zero attached hydrogens (tertiary/aromatic N) is 4. The second-order valence-electron chi connectivity index (χ2n) is 7.64. The number of carbonyl (C=O) groups excluding carboxylic acids is 1. The Labute approximate surface area is 174 Å². The normalized spacial score (nSPS) is 16.5. The fourth-order valence-electron chi connectivity index (χ4n) is 3.95. The molecule has 1 unspecified atom stereocenters. The highest BCUT2D eigenvalue weighted by Gasteiger charge is 2.29. The minimum Gasteiger partial charge on any atom is -0.341 e. The molecule has 0 aliphatic carbocycles. The van der Waals surface area contributed by atoms with Crippen molar-refractivity contribution in [1.29, 1.82) is 0 Å². The van der Waals surface area contributed by atoms with Crippen LogP contribution in [0.2, 0.25) is 0 Å². The molecule has 4 rings (SSSR count). The van der Waals surface area contributed by atoms with E-state index in [-0.39, 0.29) is 23.1 Å². The number of hydrogen-bond acceptors (Lipinski definition) is 5. The zero-order valence-electron chi connectivity index (χ0n) is 17.0. The molecule has 0 saturated carbocycles. The highest BCUT2D eigenvalue weighted by atomic mass is 19.1. The van der Waals surface area contributed by atoms with Crippen molar-refractivity contribution < 1.29 is 9.18 Å². The fourth-order valence-corrected chi connectivity index (χ4v) is 3.95. The molecule has 0 amide bonds. The van der Waals surface area contributed by atoms with Gasteiger partial charge in [0.05, 0.1) is 5.69 Å². The lowest BCUT2D eigenvalue weighted by atomic mass is 9.88. The van der Waals surface area contributed by atoms with Gasteiger partial charge in [-0.2, -0.15) is 0 Å². The Morgan fingerprint density at radius 1 is 1.20 bits per heavy atom. The van der Waals surface area contributed by atoms with Crippen LogP contribution in [0.5, 0.6) is 0 Å². The van der Waals surface area contributed by atoms with Crippen LogP contribution in [0.15, 0.2) is 53.6 Å². The lowest BCUT2D eigenvalue weighted by Crippen LogP contribution is -2.42. The third-order valence-corrected chi connectivity index (χ3v) is 5.70. The molecule has 0 bridgehead atoms. The minimum atomic E-state index is -0.373. The molecule has 0 radical (unpaired) electrons. The Bertz CT molecular complexity index is 1140. The average Bonchev–Trinajstić information content (AvgIpc) is 2.77. The van der Waals surface area contributed by atoms with Gasteiger partial charge in [0, 0.05) is 55.6 Å². The summed E-state index contributed by atoms with van der Waals surface area (Å²) in [4.78, 5) is 36.4. The first kappa shape index (κ1) is 19.9. The number of benzene rings is 1. The van der Waals surface area contributed by atoms with E-state index in [0.29, 0.717) is 35.9 Å². The minimum absolute atomic E-state index is 0.0630. The molecule has 0 N–H and O–H groups in total. The number of rotatable bonds is 4. The summed E-state index contributed by atoms with van der Waals surface area (Å²) in [5, 5.41) is 0. The molecule has 1 aliphatic rings. The Morgan fingerprint density at radius 3 is 2.73 bits per heavy atom. The molecule has 3 aromatic rings. The molecular formula is C23H23FN4O2. The predicted molar refractivity (Wildman–Crippen MR) is 113 cm³/mol. The molecule has 7 heteroatoms. The SMILES string of the molecule is Cc1c(F)cccc1C(=O)C1CCCN(c2nc(-c3ccncc3)cc(=O)n2C)C1. The van der Waals surface area contributed by atoms with E-state index in [1.165, 1.54) is 16.7 Å². The van der Waals surface area contributed by atoms with Crippen LogP contribution in [0.25, 0.3) is 11.3 Å². The van der Waals surface area contributed by atoms with Crippen LogP contribution in [0.3, 0.4) is 0 Å². The second kappa shape index (κ2) is 8.18. The number of anilines is 1. The van der Waals surface area contributed by atoms with Crippen LogP contribution in [0.1, 0.15) is 28.8 Å². The number of ketones is 1. The van der Waals surface area contributed by atoms with Gasteiger partial charge in [-0.1, -0.05) is 12.1 Å². The zero-order valence-corrected chi connectivity index (χ0v) is 17.0. The average molecular weight is 406 g/mol. The standard InChI is InChI=1S/C23H23FN4O2/c1-15-18(6-3-7-19(15)24)22(30)17-5-4-12-28(14-17)23-26-20(13-21(29)27(23)2)16-8-10-25-11-9-16/h3,6-11,13,17H,4-5,12,14H2,1-2H3. The number of pyridine rings is 1.